The van der Waals surface area contributed by atoms with Gasteiger partial charge < -0.3 is 5.32 Å². The van der Waals surface area contributed by atoms with E-state index in [1.54, 1.807) is 0 Å². The first kappa shape index (κ1) is 11.6. The molecule has 0 bridgehead atoms. The Morgan fingerprint density at radius 2 is 2.00 bits per heavy atom. The minimum Gasteiger partial charge on any atom is -0.382 e. The van der Waals surface area contributed by atoms with Crippen molar-refractivity contribution in [3.8, 4) is 0 Å². The zero-order valence-electron chi connectivity index (χ0n) is 10.2. The van der Waals surface area contributed by atoms with E-state index < -0.39 is 0 Å². The molecule has 1 atom stereocenters. The molecule has 0 saturated carbocycles. The zero-order chi connectivity index (χ0) is 12.4. The maximum Gasteiger partial charge on any atom is 0.0408 e. The Bertz CT molecular complexity index is 550. The van der Waals surface area contributed by atoms with Crippen molar-refractivity contribution in [2.45, 2.75) is 25.3 Å². The molecule has 1 nitrogen and oxygen atoms in total. The summed E-state index contributed by atoms with van der Waals surface area (Å²) in [5.41, 5.74) is 4.02. The lowest BCUT2D eigenvalue weighted by Gasteiger charge is -2.27. The molecule has 0 amide bonds. The first-order valence-corrected chi connectivity index (χ1v) is 6.78. The van der Waals surface area contributed by atoms with Crippen LogP contribution in [-0.4, -0.2) is 6.04 Å². The number of anilines is 1. The topological polar surface area (TPSA) is 12.0 Å². The number of hydrogen-bond acceptors (Lipinski definition) is 1. The number of rotatable bonds is 2. The SMILES string of the molecule is Clc1cccc(CC2CCc3ccccc3N2)c1. The van der Waals surface area contributed by atoms with Crippen molar-refractivity contribution in [2.24, 2.45) is 0 Å². The van der Waals surface area contributed by atoms with Crippen molar-refractivity contribution in [2.75, 3.05) is 5.32 Å². The average Bonchev–Trinajstić information content (AvgIpc) is 2.39. The van der Waals surface area contributed by atoms with Crippen molar-refractivity contribution >= 4 is 17.3 Å². The molecular formula is C16H16ClN. The second-order valence-corrected chi connectivity index (χ2v) is 5.31. The number of para-hydroxylation sites is 1. The molecular weight excluding hydrogens is 242 g/mol. The van der Waals surface area contributed by atoms with E-state index in [2.05, 4.69) is 41.7 Å². The van der Waals surface area contributed by atoms with Crippen LogP contribution in [0.15, 0.2) is 48.5 Å². The van der Waals surface area contributed by atoms with Crippen LogP contribution in [0.2, 0.25) is 5.02 Å². The van der Waals surface area contributed by atoms with E-state index in [1.807, 2.05) is 12.1 Å². The Morgan fingerprint density at radius 1 is 1.11 bits per heavy atom. The standard InChI is InChI=1S/C16H16ClN/c17-14-6-3-4-12(10-14)11-15-9-8-13-5-1-2-7-16(13)18-15/h1-7,10,15,18H,8-9,11H2. The van der Waals surface area contributed by atoms with E-state index in [0.29, 0.717) is 6.04 Å². The maximum absolute atomic E-state index is 6.02. The molecule has 2 heteroatoms. The lowest BCUT2D eigenvalue weighted by Crippen LogP contribution is -2.27. The molecule has 3 rings (SSSR count). The van der Waals surface area contributed by atoms with Crippen LogP contribution in [0.25, 0.3) is 0 Å². The van der Waals surface area contributed by atoms with Crippen molar-refractivity contribution in [3.05, 3.63) is 64.7 Å². The summed E-state index contributed by atoms with van der Waals surface area (Å²) in [5.74, 6) is 0. The molecule has 92 valence electrons. The van der Waals surface area contributed by atoms with Crippen LogP contribution in [0, 0.1) is 0 Å². The Hall–Kier alpha value is -1.47. The number of benzene rings is 2. The molecule has 0 spiro atoms. The van der Waals surface area contributed by atoms with Gasteiger partial charge in [0.15, 0.2) is 0 Å². The van der Waals surface area contributed by atoms with Gasteiger partial charge in [-0.3, -0.25) is 0 Å². The summed E-state index contributed by atoms with van der Waals surface area (Å²) in [5, 5.41) is 4.44. The molecule has 0 radical (unpaired) electrons. The number of hydrogen-bond donors (Lipinski definition) is 1. The van der Waals surface area contributed by atoms with Crippen LogP contribution >= 0.6 is 11.6 Å². The van der Waals surface area contributed by atoms with E-state index in [0.717, 1.165) is 17.9 Å². The fourth-order valence-electron chi connectivity index (χ4n) is 2.60. The van der Waals surface area contributed by atoms with Gasteiger partial charge in [0.2, 0.25) is 0 Å². The van der Waals surface area contributed by atoms with Gasteiger partial charge in [-0.15, -0.1) is 0 Å². The second-order valence-electron chi connectivity index (χ2n) is 4.87. The molecule has 0 aromatic heterocycles. The Morgan fingerprint density at radius 3 is 2.89 bits per heavy atom. The summed E-state index contributed by atoms with van der Waals surface area (Å²) in [6.07, 6.45) is 3.38. The monoisotopic (exact) mass is 257 g/mol. The Labute approximate surface area is 113 Å². The maximum atomic E-state index is 6.02. The van der Waals surface area contributed by atoms with Gasteiger partial charge in [-0.25, -0.2) is 0 Å². The van der Waals surface area contributed by atoms with E-state index in [-0.39, 0.29) is 0 Å². The van der Waals surface area contributed by atoms with Crippen LogP contribution in [0.5, 0.6) is 0 Å². The lowest BCUT2D eigenvalue weighted by molar-refractivity contribution is 0.628. The molecule has 1 heterocycles. The molecule has 1 aliphatic rings. The number of aryl methyl sites for hydroxylation is 1. The quantitative estimate of drug-likeness (QED) is 0.845. The Kier molecular flexibility index (Phi) is 3.24. The van der Waals surface area contributed by atoms with Gasteiger partial charge in [0.1, 0.15) is 0 Å². The molecule has 18 heavy (non-hydrogen) atoms. The number of halogens is 1. The fraction of sp³-hybridized carbons (Fsp3) is 0.250. The van der Waals surface area contributed by atoms with Crippen molar-refractivity contribution in [1.29, 1.82) is 0 Å². The van der Waals surface area contributed by atoms with Gasteiger partial charge >= 0.3 is 0 Å². The minimum absolute atomic E-state index is 0.512. The molecule has 2 aromatic carbocycles. The largest absolute Gasteiger partial charge is 0.382 e. The second kappa shape index (κ2) is 5.03. The average molecular weight is 258 g/mol. The molecule has 2 aromatic rings. The van der Waals surface area contributed by atoms with E-state index in [4.69, 9.17) is 11.6 Å². The lowest BCUT2D eigenvalue weighted by atomic mass is 9.94. The van der Waals surface area contributed by atoms with Crippen LogP contribution < -0.4 is 5.32 Å². The number of fused-ring (bicyclic) bond motifs is 1. The zero-order valence-corrected chi connectivity index (χ0v) is 11.0. The van der Waals surface area contributed by atoms with Crippen molar-refractivity contribution in [1.82, 2.24) is 0 Å². The summed E-state index contributed by atoms with van der Waals surface area (Å²) in [7, 11) is 0. The smallest absolute Gasteiger partial charge is 0.0408 e. The summed E-state index contributed by atoms with van der Waals surface area (Å²) < 4.78 is 0. The molecule has 1 aliphatic heterocycles. The predicted octanol–water partition coefficient (Wildman–Crippen LogP) is 4.31. The predicted molar refractivity (Wildman–Crippen MR) is 77.3 cm³/mol. The summed E-state index contributed by atoms with van der Waals surface area (Å²) in [4.78, 5) is 0. The minimum atomic E-state index is 0.512. The summed E-state index contributed by atoms with van der Waals surface area (Å²) in [6.45, 7) is 0. The molecule has 1 N–H and O–H groups in total. The highest BCUT2D eigenvalue weighted by atomic mass is 35.5. The van der Waals surface area contributed by atoms with Gasteiger partial charge in [-0.1, -0.05) is 41.9 Å². The number of nitrogens with one attached hydrogen (secondary N) is 1. The fourth-order valence-corrected chi connectivity index (χ4v) is 2.82. The van der Waals surface area contributed by atoms with Crippen LogP contribution in [0.4, 0.5) is 5.69 Å². The summed E-state index contributed by atoms with van der Waals surface area (Å²) >= 11 is 6.02. The Balaban J connectivity index is 1.73. The van der Waals surface area contributed by atoms with Crippen LogP contribution in [0.3, 0.4) is 0 Å². The van der Waals surface area contributed by atoms with E-state index in [1.165, 1.54) is 23.2 Å². The normalized spacial score (nSPS) is 17.9. The van der Waals surface area contributed by atoms with Crippen LogP contribution in [-0.2, 0) is 12.8 Å². The van der Waals surface area contributed by atoms with Gasteiger partial charge in [0.05, 0.1) is 0 Å². The van der Waals surface area contributed by atoms with Gasteiger partial charge in [-0.05, 0) is 48.6 Å². The van der Waals surface area contributed by atoms with Crippen molar-refractivity contribution < 1.29 is 0 Å². The molecule has 0 aliphatic carbocycles. The highest BCUT2D eigenvalue weighted by Gasteiger charge is 2.17. The van der Waals surface area contributed by atoms with Crippen molar-refractivity contribution in [3.63, 3.8) is 0 Å². The third kappa shape index (κ3) is 2.51. The van der Waals surface area contributed by atoms with Gasteiger partial charge in [0.25, 0.3) is 0 Å². The van der Waals surface area contributed by atoms with Gasteiger partial charge in [0, 0.05) is 16.8 Å². The third-order valence-corrected chi connectivity index (χ3v) is 3.75. The highest BCUT2D eigenvalue weighted by Crippen LogP contribution is 2.26. The van der Waals surface area contributed by atoms with Crippen LogP contribution in [0.1, 0.15) is 17.5 Å². The first-order valence-electron chi connectivity index (χ1n) is 6.40. The first-order chi connectivity index (χ1) is 8.81. The summed E-state index contributed by atoms with van der Waals surface area (Å²) in [6, 6.07) is 17.2. The van der Waals surface area contributed by atoms with Gasteiger partial charge in [-0.2, -0.15) is 0 Å². The molecule has 0 fully saturated rings. The van der Waals surface area contributed by atoms with E-state index >= 15 is 0 Å². The molecule has 0 saturated heterocycles. The third-order valence-electron chi connectivity index (χ3n) is 3.51. The molecule has 1 unspecified atom stereocenters. The van der Waals surface area contributed by atoms with E-state index in [9.17, 15) is 0 Å². The highest BCUT2D eigenvalue weighted by molar-refractivity contribution is 6.30.